The van der Waals surface area contributed by atoms with Gasteiger partial charge in [0, 0.05) is 22.3 Å². The quantitative estimate of drug-likeness (QED) is 0.613. The third-order valence-corrected chi connectivity index (χ3v) is 2.63. The Hall–Kier alpha value is -3.10. The Labute approximate surface area is 117 Å². The molecule has 20 heavy (non-hydrogen) atoms. The van der Waals surface area contributed by atoms with E-state index in [1.807, 2.05) is 12.1 Å². The van der Waals surface area contributed by atoms with E-state index in [1.54, 1.807) is 36.4 Å². The van der Waals surface area contributed by atoms with Crippen LogP contribution in [-0.2, 0) is 0 Å². The minimum Gasteiger partial charge on any atom is -0.298 e. The van der Waals surface area contributed by atoms with E-state index in [0.717, 1.165) is 12.6 Å². The van der Waals surface area contributed by atoms with Gasteiger partial charge in [-0.15, -0.1) is 0 Å². The molecule has 2 aromatic rings. The average Bonchev–Trinajstić information content (AvgIpc) is 2.52. The lowest BCUT2D eigenvalue weighted by Gasteiger charge is -1.93. The average molecular weight is 258 g/mol. The Balaban J connectivity index is 2.26. The molecular weight excluding hydrogens is 248 g/mol. The van der Waals surface area contributed by atoms with Crippen molar-refractivity contribution >= 4 is 12.6 Å². The minimum atomic E-state index is 0.537. The van der Waals surface area contributed by atoms with Crippen LogP contribution in [0.2, 0.25) is 0 Å². The van der Waals surface area contributed by atoms with Gasteiger partial charge in [-0.25, -0.2) is 0 Å². The van der Waals surface area contributed by atoms with Gasteiger partial charge >= 0.3 is 0 Å². The number of carbonyl (C=O) groups is 2. The van der Waals surface area contributed by atoms with Gasteiger partial charge in [0.25, 0.3) is 0 Å². The monoisotopic (exact) mass is 258 g/mol. The van der Waals surface area contributed by atoms with E-state index in [0.29, 0.717) is 22.3 Å². The molecule has 2 nitrogen and oxygen atoms in total. The molecule has 0 saturated carbocycles. The van der Waals surface area contributed by atoms with Gasteiger partial charge in [-0.3, -0.25) is 9.59 Å². The summed E-state index contributed by atoms with van der Waals surface area (Å²) in [5, 5.41) is 0. The molecule has 2 rings (SSSR count). The van der Waals surface area contributed by atoms with E-state index in [2.05, 4.69) is 23.7 Å². The van der Waals surface area contributed by atoms with Crippen molar-refractivity contribution in [3.05, 3.63) is 70.8 Å². The molecule has 0 heterocycles. The summed E-state index contributed by atoms with van der Waals surface area (Å²) in [4.78, 5) is 21.6. The normalized spacial score (nSPS) is 8.60. The highest BCUT2D eigenvalue weighted by atomic mass is 16.1. The molecule has 0 unspecified atom stereocenters. The Morgan fingerprint density at radius 2 is 1.05 bits per heavy atom. The van der Waals surface area contributed by atoms with E-state index in [9.17, 15) is 9.59 Å². The molecule has 2 heteroatoms. The molecule has 0 radical (unpaired) electrons. The van der Waals surface area contributed by atoms with Gasteiger partial charge < -0.3 is 0 Å². The highest BCUT2D eigenvalue weighted by Gasteiger charge is 1.95. The van der Waals surface area contributed by atoms with Crippen LogP contribution in [0.3, 0.4) is 0 Å². The largest absolute Gasteiger partial charge is 0.298 e. The summed E-state index contributed by atoms with van der Waals surface area (Å²) in [6, 6.07) is 14.1. The minimum absolute atomic E-state index is 0.537. The molecule has 0 aromatic heterocycles. The number of hydrogen-bond donors (Lipinski definition) is 0. The lowest BCUT2D eigenvalue weighted by Crippen LogP contribution is -1.86. The van der Waals surface area contributed by atoms with E-state index in [4.69, 9.17) is 0 Å². The van der Waals surface area contributed by atoms with Crippen molar-refractivity contribution in [1.29, 1.82) is 0 Å². The van der Waals surface area contributed by atoms with Crippen LogP contribution in [0.25, 0.3) is 0 Å². The fourth-order valence-corrected chi connectivity index (χ4v) is 1.62. The van der Waals surface area contributed by atoms with Crippen molar-refractivity contribution in [1.82, 2.24) is 0 Å². The van der Waals surface area contributed by atoms with Crippen molar-refractivity contribution in [2.24, 2.45) is 0 Å². The van der Waals surface area contributed by atoms with Crippen LogP contribution in [0, 0.1) is 23.7 Å². The third-order valence-electron chi connectivity index (χ3n) is 2.63. The van der Waals surface area contributed by atoms with E-state index < -0.39 is 0 Å². The van der Waals surface area contributed by atoms with Crippen LogP contribution in [0.1, 0.15) is 31.8 Å². The molecule has 0 spiro atoms. The molecule has 0 aliphatic heterocycles. The Bertz CT molecular complexity index is 697. The van der Waals surface area contributed by atoms with Gasteiger partial charge in [0.15, 0.2) is 12.6 Å². The zero-order valence-electron chi connectivity index (χ0n) is 10.6. The second-order valence-corrected chi connectivity index (χ2v) is 3.91. The summed E-state index contributed by atoms with van der Waals surface area (Å²) in [7, 11) is 0. The highest BCUT2D eigenvalue weighted by molar-refractivity contribution is 5.80. The summed E-state index contributed by atoms with van der Waals surface area (Å²) in [5.41, 5.74) is 2.35. The molecule has 0 atom stereocenters. The number of aldehydes is 2. The summed E-state index contributed by atoms with van der Waals surface area (Å²) in [6.07, 6.45) is 1.53. The maximum atomic E-state index is 10.8. The summed E-state index contributed by atoms with van der Waals surface area (Å²) < 4.78 is 0. The van der Waals surface area contributed by atoms with Crippen LogP contribution < -0.4 is 0 Å². The van der Waals surface area contributed by atoms with Gasteiger partial charge in [-0.2, -0.15) is 0 Å². The maximum absolute atomic E-state index is 10.8. The Morgan fingerprint density at radius 3 is 1.45 bits per heavy atom. The van der Waals surface area contributed by atoms with Crippen LogP contribution in [0.5, 0.6) is 0 Å². The SMILES string of the molecule is O=Cc1ccccc1C#CC#Cc1ccccc1C=O. The predicted molar refractivity (Wildman–Crippen MR) is 77.4 cm³/mol. The van der Waals surface area contributed by atoms with Gasteiger partial charge in [0.2, 0.25) is 0 Å². The maximum Gasteiger partial charge on any atom is 0.151 e. The first-order valence-corrected chi connectivity index (χ1v) is 5.95. The zero-order valence-corrected chi connectivity index (χ0v) is 10.6. The molecule has 0 amide bonds. The van der Waals surface area contributed by atoms with Crippen molar-refractivity contribution in [3.8, 4) is 23.7 Å². The molecule has 0 bridgehead atoms. The number of carbonyl (C=O) groups excluding carboxylic acids is 2. The number of benzene rings is 2. The number of rotatable bonds is 2. The molecule has 0 fully saturated rings. The standard InChI is InChI=1S/C18H10O2/c19-13-17-11-5-3-9-15(17)7-1-2-8-16-10-4-6-12-18(16)14-20/h3-6,9-14H. The summed E-state index contributed by atoms with van der Waals surface area (Å²) in [6.45, 7) is 0. The molecule has 0 saturated heterocycles. The van der Waals surface area contributed by atoms with E-state index in [1.165, 1.54) is 0 Å². The molecule has 0 N–H and O–H groups in total. The van der Waals surface area contributed by atoms with E-state index in [-0.39, 0.29) is 0 Å². The van der Waals surface area contributed by atoms with Gasteiger partial charge in [0.05, 0.1) is 0 Å². The summed E-state index contributed by atoms with van der Waals surface area (Å²) in [5.74, 6) is 11.0. The molecule has 2 aromatic carbocycles. The second kappa shape index (κ2) is 6.73. The van der Waals surface area contributed by atoms with E-state index >= 15 is 0 Å². The van der Waals surface area contributed by atoms with Crippen LogP contribution in [0.4, 0.5) is 0 Å². The van der Waals surface area contributed by atoms with Crippen LogP contribution in [0.15, 0.2) is 48.5 Å². The zero-order chi connectivity index (χ0) is 14.2. The first-order valence-electron chi connectivity index (χ1n) is 5.95. The fraction of sp³-hybridized carbons (Fsp3) is 0. The topological polar surface area (TPSA) is 34.1 Å². The first-order chi connectivity index (χ1) is 9.85. The number of hydrogen-bond acceptors (Lipinski definition) is 2. The third kappa shape index (κ3) is 3.22. The van der Waals surface area contributed by atoms with Crippen LogP contribution >= 0.6 is 0 Å². The predicted octanol–water partition coefficient (Wildman–Crippen LogP) is 2.71. The lowest BCUT2D eigenvalue weighted by molar-refractivity contribution is 0.111. The van der Waals surface area contributed by atoms with Crippen molar-refractivity contribution < 1.29 is 9.59 Å². The van der Waals surface area contributed by atoms with Gasteiger partial charge in [-0.1, -0.05) is 48.2 Å². The molecule has 0 aliphatic rings. The Morgan fingerprint density at radius 1 is 0.650 bits per heavy atom. The molecule has 0 aliphatic carbocycles. The molecular formula is C18H10O2. The van der Waals surface area contributed by atoms with Crippen molar-refractivity contribution in [2.45, 2.75) is 0 Å². The van der Waals surface area contributed by atoms with Gasteiger partial charge in [-0.05, 0) is 24.0 Å². The van der Waals surface area contributed by atoms with Crippen LogP contribution in [-0.4, -0.2) is 12.6 Å². The summed E-state index contributed by atoms with van der Waals surface area (Å²) >= 11 is 0. The molecule has 94 valence electrons. The second-order valence-electron chi connectivity index (χ2n) is 3.91. The highest BCUT2D eigenvalue weighted by Crippen LogP contribution is 2.04. The van der Waals surface area contributed by atoms with Crippen molar-refractivity contribution in [2.75, 3.05) is 0 Å². The smallest absolute Gasteiger partial charge is 0.151 e. The first kappa shape index (κ1) is 13.3. The fourth-order valence-electron chi connectivity index (χ4n) is 1.62. The van der Waals surface area contributed by atoms with Crippen molar-refractivity contribution in [3.63, 3.8) is 0 Å². The lowest BCUT2D eigenvalue weighted by atomic mass is 10.1. The van der Waals surface area contributed by atoms with Gasteiger partial charge in [0.1, 0.15) is 0 Å². The Kier molecular flexibility index (Phi) is 4.49.